The Morgan fingerprint density at radius 3 is 2.15 bits per heavy atom. The summed E-state index contributed by atoms with van der Waals surface area (Å²) in [5, 5.41) is 60.6. The van der Waals surface area contributed by atoms with Gasteiger partial charge >= 0.3 is 0 Å². The second-order valence-corrected chi connectivity index (χ2v) is 12.9. The summed E-state index contributed by atoms with van der Waals surface area (Å²) < 4.78 is 0. The number of benzene rings is 1. The van der Waals surface area contributed by atoms with Gasteiger partial charge in [0.2, 0.25) is 5.78 Å². The van der Waals surface area contributed by atoms with E-state index in [4.69, 9.17) is 5.73 Å². The van der Waals surface area contributed by atoms with Gasteiger partial charge in [-0.3, -0.25) is 34.4 Å². The van der Waals surface area contributed by atoms with Crippen LogP contribution < -0.4 is 10.6 Å². The Kier molecular flexibility index (Phi) is 7.94. The molecule has 15 heteroatoms. The van der Waals surface area contributed by atoms with Crippen molar-refractivity contribution in [3.8, 4) is 5.75 Å². The summed E-state index contributed by atoms with van der Waals surface area (Å²) in [6, 6.07) is 4.38. The Morgan fingerprint density at radius 2 is 1.64 bits per heavy atom. The van der Waals surface area contributed by atoms with E-state index < -0.39 is 58.0 Å². The van der Waals surface area contributed by atoms with Gasteiger partial charge in [0.1, 0.15) is 22.8 Å². The topological polar surface area (TPSA) is 225 Å². The highest BCUT2D eigenvalue weighted by Crippen LogP contribution is 2.54. The lowest BCUT2D eigenvalue weighted by Crippen LogP contribution is -2.65. The Hall–Kier alpha value is -4.99. The minimum absolute atomic E-state index is 0.0171. The van der Waals surface area contributed by atoms with Crippen LogP contribution in [0.2, 0.25) is 0 Å². The molecule has 6 rings (SSSR count). The predicted octanol–water partition coefficient (Wildman–Crippen LogP) is 0.679. The second-order valence-electron chi connectivity index (χ2n) is 12.9. The second kappa shape index (κ2) is 11.7. The third-order valence-electron chi connectivity index (χ3n) is 9.56. The first kappa shape index (κ1) is 32.0. The number of hydrogen-bond acceptors (Lipinski definition) is 12. The van der Waals surface area contributed by atoms with Crippen molar-refractivity contribution in [3.05, 3.63) is 75.6 Å². The lowest BCUT2D eigenvalue weighted by Gasteiger charge is -2.50. The number of aliphatic hydroxyl groups excluding tert-OH is 2. The molecule has 3 aliphatic carbocycles. The molecule has 0 unspecified atom stereocenters. The number of Topliss-reactive ketones (excluding diaryl/α,β-unsaturated/α-hetero) is 2. The molecule has 8 N–H and O–H groups in total. The van der Waals surface area contributed by atoms with Gasteiger partial charge in [0.15, 0.2) is 11.4 Å². The average Bonchev–Trinajstić information content (AvgIpc) is 3.70. The zero-order chi connectivity index (χ0) is 33.9. The lowest BCUT2D eigenvalue weighted by molar-refractivity contribution is -0.153. The minimum Gasteiger partial charge on any atom is -0.508 e. The van der Waals surface area contributed by atoms with Crippen LogP contribution in [0, 0.1) is 11.8 Å². The molecule has 4 atom stereocenters. The maximum Gasteiger partial charge on any atom is 0.255 e. The van der Waals surface area contributed by atoms with Gasteiger partial charge in [-0.15, -0.1) is 0 Å². The number of anilines is 1. The van der Waals surface area contributed by atoms with Crippen LogP contribution in [-0.2, 0) is 40.4 Å². The molecule has 2 aromatic heterocycles. The number of nitrogens with two attached hydrogens (primary N) is 1. The van der Waals surface area contributed by atoms with Gasteiger partial charge in [-0.25, -0.2) is 0 Å². The van der Waals surface area contributed by atoms with Crippen molar-refractivity contribution in [2.24, 2.45) is 17.6 Å². The van der Waals surface area contributed by atoms with Crippen LogP contribution in [0.25, 0.3) is 5.76 Å². The third kappa shape index (κ3) is 5.06. The Morgan fingerprint density at radius 1 is 1.02 bits per heavy atom. The van der Waals surface area contributed by atoms with Gasteiger partial charge < -0.3 is 31.1 Å². The zero-order valence-corrected chi connectivity index (χ0v) is 26.5. The fourth-order valence-electron chi connectivity index (χ4n) is 7.50. The Labute approximate surface area is 270 Å². The number of primary amides is 1. The number of rotatable bonds is 9. The van der Waals surface area contributed by atoms with Gasteiger partial charge in [-0.1, -0.05) is 0 Å². The lowest BCUT2D eigenvalue weighted by atomic mass is 9.57. The molecule has 15 nitrogen and oxygen atoms in total. The molecule has 1 saturated carbocycles. The van der Waals surface area contributed by atoms with Gasteiger partial charge in [-0.05, 0) is 56.6 Å². The maximum atomic E-state index is 14.3. The van der Waals surface area contributed by atoms with Crippen LogP contribution in [-0.4, -0.2) is 108 Å². The number of carbonyl (C=O) groups is 3. The molecule has 0 radical (unpaired) electrons. The monoisotopic (exact) mass is 646 g/mol. The maximum absolute atomic E-state index is 14.3. The van der Waals surface area contributed by atoms with Crippen molar-refractivity contribution in [2.75, 3.05) is 33.1 Å². The molecule has 2 heterocycles. The number of aromatic amines is 2. The third-order valence-corrected chi connectivity index (χ3v) is 9.56. The summed E-state index contributed by atoms with van der Waals surface area (Å²) in [7, 11) is 6.80. The van der Waals surface area contributed by atoms with Crippen molar-refractivity contribution in [2.45, 2.75) is 44.1 Å². The standard InChI is InChI=1S/C32H38N8O7/c1-38(2)21-11-16(12-40(13-17-5-7-34-36-17)14-18-6-8-35-37-18)26(41)23-19(21)9-15-10-20-25(39(3)4)28(43)24(31(33)46)30(45)32(20,47)29(44)22(15)27(23)42/h5-8,11,15,20,25,41-42,45,47H,9-10,12-14H2,1-4H3,(H2,33,46)(H,34,36)(H,35,37)/t15-,20-,25-,32-/m0/s1. The number of nitrogens with zero attached hydrogens (tertiary/aromatic N) is 5. The highest BCUT2D eigenvalue weighted by molar-refractivity contribution is 6.24. The van der Waals surface area contributed by atoms with Crippen LogP contribution in [0.4, 0.5) is 5.69 Å². The first-order valence-electron chi connectivity index (χ1n) is 15.1. The first-order chi connectivity index (χ1) is 22.2. The summed E-state index contributed by atoms with van der Waals surface area (Å²) in [5.74, 6) is -6.81. The van der Waals surface area contributed by atoms with E-state index in [1.54, 1.807) is 26.5 Å². The number of fused-ring (bicyclic) bond motifs is 3. The average molecular weight is 647 g/mol. The van der Waals surface area contributed by atoms with Gasteiger partial charge in [0, 0.05) is 80.3 Å². The quantitative estimate of drug-likeness (QED) is 0.159. The zero-order valence-electron chi connectivity index (χ0n) is 26.5. The van der Waals surface area contributed by atoms with E-state index in [-0.39, 0.29) is 36.3 Å². The number of H-pyrrole nitrogens is 2. The summed E-state index contributed by atoms with van der Waals surface area (Å²) in [5.41, 5.74) is 5.17. The van der Waals surface area contributed by atoms with E-state index in [9.17, 15) is 34.8 Å². The largest absolute Gasteiger partial charge is 0.508 e. The van der Waals surface area contributed by atoms with E-state index >= 15 is 0 Å². The van der Waals surface area contributed by atoms with Crippen LogP contribution in [0.5, 0.6) is 5.75 Å². The molecule has 47 heavy (non-hydrogen) atoms. The first-order valence-corrected chi connectivity index (χ1v) is 15.1. The van der Waals surface area contributed by atoms with Crippen LogP contribution in [0.15, 0.2) is 47.5 Å². The number of carbonyl (C=O) groups excluding carboxylic acids is 3. The molecule has 0 aliphatic heterocycles. The molecule has 1 amide bonds. The molecule has 1 aromatic carbocycles. The van der Waals surface area contributed by atoms with Crippen LogP contribution in [0.1, 0.15) is 34.5 Å². The van der Waals surface area contributed by atoms with Gasteiger partial charge in [0.25, 0.3) is 5.91 Å². The molecular formula is C32H38N8O7. The number of ketones is 2. The smallest absolute Gasteiger partial charge is 0.255 e. The highest BCUT2D eigenvalue weighted by Gasteiger charge is 2.64. The van der Waals surface area contributed by atoms with E-state index in [0.717, 1.165) is 11.4 Å². The van der Waals surface area contributed by atoms with Crippen molar-refractivity contribution in [1.82, 2.24) is 30.2 Å². The molecule has 1 fully saturated rings. The van der Waals surface area contributed by atoms with Crippen molar-refractivity contribution in [1.29, 1.82) is 0 Å². The van der Waals surface area contributed by atoms with Crippen molar-refractivity contribution >= 4 is 28.9 Å². The molecule has 0 bridgehead atoms. The summed E-state index contributed by atoms with van der Waals surface area (Å²) in [4.78, 5) is 45.3. The number of nitrogens with one attached hydrogen (secondary N) is 2. The van der Waals surface area contributed by atoms with E-state index in [2.05, 4.69) is 20.4 Å². The summed E-state index contributed by atoms with van der Waals surface area (Å²) in [6.45, 7) is 1.10. The number of aliphatic hydroxyl groups is 3. The van der Waals surface area contributed by atoms with E-state index in [1.165, 1.54) is 4.90 Å². The number of hydrogen-bond donors (Lipinski definition) is 7. The Balaban J connectivity index is 1.48. The number of aromatic nitrogens is 4. The predicted molar refractivity (Wildman–Crippen MR) is 169 cm³/mol. The van der Waals surface area contributed by atoms with Gasteiger partial charge in [-0.2, -0.15) is 10.2 Å². The number of phenols is 1. The number of aromatic hydroxyl groups is 1. The molecule has 248 valence electrons. The van der Waals surface area contributed by atoms with E-state index in [1.807, 2.05) is 42.1 Å². The number of likely N-dealkylation sites (N-methyl/N-ethyl adjacent to an activating group) is 1. The van der Waals surface area contributed by atoms with E-state index in [0.29, 0.717) is 29.9 Å². The SMILES string of the molecule is CN(C)c1cc(CN(Cc2ccn[nH]2)Cc2ccn[nH]2)c(O)c2c1C[C@H]1C[C@H]3[C@H](N(C)C)C(=O)C(C(N)=O)=C(O)[C@@]3(O)C(=O)C1=C2O. The summed E-state index contributed by atoms with van der Waals surface area (Å²) >= 11 is 0. The fourth-order valence-corrected chi connectivity index (χ4v) is 7.50. The number of amides is 1. The molecule has 0 spiro atoms. The van der Waals surface area contributed by atoms with Crippen molar-refractivity contribution < 1.29 is 34.8 Å². The molecule has 3 aliphatic rings. The molecule has 0 saturated heterocycles. The summed E-state index contributed by atoms with van der Waals surface area (Å²) in [6.07, 6.45) is 3.50. The molecular weight excluding hydrogens is 608 g/mol. The molecule has 3 aromatic rings. The minimum atomic E-state index is -2.70. The van der Waals surface area contributed by atoms with Crippen LogP contribution >= 0.6 is 0 Å². The Bertz CT molecular complexity index is 1780. The fraction of sp³-hybridized carbons (Fsp3) is 0.406. The normalized spacial score (nSPS) is 24.1. The number of phenolic OH excluding ortho intramolecular Hbond substituents is 1. The van der Waals surface area contributed by atoms with Gasteiger partial charge in [0.05, 0.1) is 11.6 Å². The van der Waals surface area contributed by atoms with Crippen molar-refractivity contribution in [3.63, 3.8) is 0 Å². The van der Waals surface area contributed by atoms with Crippen LogP contribution in [0.3, 0.4) is 0 Å². The highest BCUT2D eigenvalue weighted by atomic mass is 16.3.